The maximum atomic E-state index is 14.1. The van der Waals surface area contributed by atoms with Crippen LogP contribution in [0.25, 0.3) is 10.6 Å². The predicted molar refractivity (Wildman–Crippen MR) is 147 cm³/mol. The lowest BCUT2D eigenvalue weighted by Crippen LogP contribution is -2.37. The number of hydrogen-bond acceptors (Lipinski definition) is 7. The summed E-state index contributed by atoms with van der Waals surface area (Å²) in [7, 11) is 2.12. The topological polar surface area (TPSA) is 61.4 Å². The van der Waals surface area contributed by atoms with Gasteiger partial charge in [0.05, 0.1) is 10.6 Å². The number of anilines is 2. The van der Waals surface area contributed by atoms with Crippen molar-refractivity contribution in [3.63, 3.8) is 0 Å². The Morgan fingerprint density at radius 1 is 1.08 bits per heavy atom. The Labute approximate surface area is 233 Å². The van der Waals surface area contributed by atoms with Gasteiger partial charge in [0.2, 0.25) is 5.95 Å². The van der Waals surface area contributed by atoms with Crippen molar-refractivity contribution >= 4 is 40.6 Å². The van der Waals surface area contributed by atoms with Crippen LogP contribution in [0.2, 0.25) is 0 Å². The van der Waals surface area contributed by atoms with Gasteiger partial charge in [-0.05, 0) is 68.3 Å². The number of nitrogens with one attached hydrogen (secondary N) is 1. The molecule has 2 aliphatic heterocycles. The van der Waals surface area contributed by atoms with E-state index in [0.29, 0.717) is 28.3 Å². The Morgan fingerprint density at radius 2 is 1.90 bits per heavy atom. The van der Waals surface area contributed by atoms with E-state index in [2.05, 4.69) is 39.4 Å². The number of thioether (sulfide) groups is 1. The van der Waals surface area contributed by atoms with Gasteiger partial charge in [0, 0.05) is 47.7 Å². The second kappa shape index (κ2) is 9.49. The quantitative estimate of drug-likeness (QED) is 0.346. The highest BCUT2D eigenvalue weighted by Crippen LogP contribution is 2.47. The summed E-state index contributed by atoms with van der Waals surface area (Å²) in [4.78, 5) is 27.5. The van der Waals surface area contributed by atoms with Gasteiger partial charge in [-0.15, -0.1) is 23.1 Å². The normalized spacial score (nSPS) is 21.9. The van der Waals surface area contributed by atoms with E-state index in [1.807, 2.05) is 11.0 Å². The van der Waals surface area contributed by atoms with Gasteiger partial charge < -0.3 is 10.2 Å². The van der Waals surface area contributed by atoms with Crippen LogP contribution in [0.1, 0.15) is 70.4 Å². The molecule has 0 bridgehead atoms. The second-order valence-electron chi connectivity index (χ2n) is 10.9. The third kappa shape index (κ3) is 4.82. The van der Waals surface area contributed by atoms with Crippen molar-refractivity contribution in [2.24, 2.45) is 0 Å². The molecule has 39 heavy (non-hydrogen) atoms. The number of amides is 1. The summed E-state index contributed by atoms with van der Waals surface area (Å²) < 4.78 is 42.2. The molecule has 4 aliphatic rings. The Kier molecular flexibility index (Phi) is 6.16. The van der Waals surface area contributed by atoms with Crippen molar-refractivity contribution < 1.29 is 18.0 Å². The Hall–Kier alpha value is -2.63. The van der Waals surface area contributed by atoms with E-state index in [1.54, 1.807) is 6.07 Å². The fourth-order valence-corrected chi connectivity index (χ4v) is 7.81. The summed E-state index contributed by atoms with van der Waals surface area (Å²) in [6.45, 7) is 1.75. The second-order valence-corrected chi connectivity index (χ2v) is 13.1. The molecule has 6 nitrogen and oxygen atoms in total. The lowest BCUT2D eigenvalue weighted by molar-refractivity contribution is -0.137. The van der Waals surface area contributed by atoms with Crippen molar-refractivity contribution in [3.8, 4) is 10.6 Å². The first-order valence-corrected chi connectivity index (χ1v) is 15.2. The first kappa shape index (κ1) is 25.3. The molecule has 3 aromatic rings. The van der Waals surface area contributed by atoms with E-state index in [0.717, 1.165) is 72.5 Å². The summed E-state index contributed by atoms with van der Waals surface area (Å²) in [5.74, 6) is 1.21. The van der Waals surface area contributed by atoms with E-state index in [1.165, 1.54) is 22.9 Å². The third-order valence-corrected chi connectivity index (χ3v) is 10.3. The summed E-state index contributed by atoms with van der Waals surface area (Å²) in [5, 5.41) is 3.23. The fourth-order valence-electron chi connectivity index (χ4n) is 5.50. The Bertz CT molecular complexity index is 1450. The van der Waals surface area contributed by atoms with Crippen LogP contribution >= 0.6 is 23.1 Å². The smallest absolute Gasteiger partial charge is 0.334 e. The van der Waals surface area contributed by atoms with Crippen LogP contribution in [0.3, 0.4) is 0 Å². The molecule has 1 saturated heterocycles. The number of halogens is 3. The van der Waals surface area contributed by atoms with Gasteiger partial charge in [-0.25, -0.2) is 9.97 Å². The molecule has 11 heteroatoms. The van der Waals surface area contributed by atoms with Crippen LogP contribution in [0.5, 0.6) is 0 Å². The van der Waals surface area contributed by atoms with Crippen molar-refractivity contribution in [3.05, 3.63) is 52.0 Å². The number of carbonyl (C=O) groups is 1. The minimum Gasteiger partial charge on any atom is -0.334 e. The van der Waals surface area contributed by atoms with Crippen molar-refractivity contribution in [2.75, 3.05) is 31.2 Å². The van der Waals surface area contributed by atoms with Crippen LogP contribution in [-0.2, 0) is 6.18 Å². The highest BCUT2D eigenvalue weighted by atomic mass is 32.2. The molecule has 1 N–H and O–H groups in total. The SMILES string of the molecule is CN1CCC1c1ccc(Nc2ncc(C(F)(F)F)c(-c3cc4c(s3)C(=O)N(C3CC3)CCS4)n2)c(C2CC2)c1. The van der Waals surface area contributed by atoms with Gasteiger partial charge >= 0.3 is 6.18 Å². The highest BCUT2D eigenvalue weighted by Gasteiger charge is 2.39. The molecule has 0 spiro atoms. The number of hydrogen-bond donors (Lipinski definition) is 1. The van der Waals surface area contributed by atoms with E-state index in [9.17, 15) is 18.0 Å². The molecular formula is C28H28F3N5OS2. The fraction of sp³-hybridized carbons (Fsp3) is 0.464. The van der Waals surface area contributed by atoms with E-state index < -0.39 is 11.7 Å². The first-order chi connectivity index (χ1) is 18.8. The minimum absolute atomic E-state index is 0.0824. The van der Waals surface area contributed by atoms with Crippen LogP contribution < -0.4 is 5.32 Å². The average Bonchev–Trinajstić information content (AvgIpc) is 3.82. The molecule has 204 valence electrons. The summed E-state index contributed by atoms with van der Waals surface area (Å²) in [5.41, 5.74) is 2.19. The molecule has 2 saturated carbocycles. The zero-order valence-corrected chi connectivity index (χ0v) is 23.1. The zero-order valence-electron chi connectivity index (χ0n) is 21.4. The predicted octanol–water partition coefficient (Wildman–Crippen LogP) is 6.93. The zero-order chi connectivity index (χ0) is 26.9. The van der Waals surface area contributed by atoms with Crippen LogP contribution in [0, 0.1) is 0 Å². The molecule has 4 heterocycles. The van der Waals surface area contributed by atoms with Gasteiger partial charge in [-0.1, -0.05) is 12.1 Å². The van der Waals surface area contributed by atoms with Crippen LogP contribution in [0.15, 0.2) is 35.4 Å². The standard InChI is InChI=1S/C28H28F3N5OS2/c1-35-9-8-21(35)16-4-7-20(18(12-16)15-2-3-15)33-27-32-14-19(28(29,30)31)24(34-27)22-13-23-25(39-22)26(37)36(10-11-38-23)17-5-6-17/h4,7,12-15,17,21H,2-3,5-6,8-11H2,1H3,(H,32,33,34). The van der Waals surface area contributed by atoms with Crippen molar-refractivity contribution in [2.45, 2.75) is 61.2 Å². The third-order valence-electron chi connectivity index (χ3n) is 8.07. The molecule has 2 aliphatic carbocycles. The molecular weight excluding hydrogens is 543 g/mol. The largest absolute Gasteiger partial charge is 0.420 e. The molecule has 1 amide bonds. The van der Waals surface area contributed by atoms with Gasteiger partial charge in [0.15, 0.2) is 0 Å². The van der Waals surface area contributed by atoms with Crippen molar-refractivity contribution in [1.29, 1.82) is 0 Å². The Balaban J connectivity index is 1.24. The number of likely N-dealkylation sites (tertiary alicyclic amines) is 1. The van der Waals surface area contributed by atoms with Gasteiger partial charge in [-0.3, -0.25) is 9.69 Å². The van der Waals surface area contributed by atoms with Gasteiger partial charge in [0.1, 0.15) is 10.4 Å². The van der Waals surface area contributed by atoms with Gasteiger partial charge in [-0.2, -0.15) is 13.2 Å². The number of aromatic nitrogens is 2. The summed E-state index contributed by atoms with van der Waals surface area (Å²) in [6.07, 6.45) is 1.54. The highest BCUT2D eigenvalue weighted by molar-refractivity contribution is 7.99. The minimum atomic E-state index is -4.62. The number of rotatable bonds is 6. The number of carbonyl (C=O) groups excluding carboxylic acids is 1. The lowest BCUT2D eigenvalue weighted by Gasteiger charge is -2.38. The number of nitrogens with zero attached hydrogens (tertiary/aromatic N) is 4. The molecule has 7 rings (SSSR count). The molecule has 2 aromatic heterocycles. The lowest BCUT2D eigenvalue weighted by atomic mass is 9.92. The monoisotopic (exact) mass is 571 g/mol. The van der Waals surface area contributed by atoms with Crippen LogP contribution in [-0.4, -0.2) is 57.6 Å². The maximum absolute atomic E-state index is 14.1. The van der Waals surface area contributed by atoms with E-state index >= 15 is 0 Å². The Morgan fingerprint density at radius 3 is 2.56 bits per heavy atom. The van der Waals surface area contributed by atoms with E-state index in [4.69, 9.17) is 0 Å². The molecule has 1 aromatic carbocycles. The first-order valence-electron chi connectivity index (χ1n) is 13.4. The maximum Gasteiger partial charge on any atom is 0.420 e. The summed E-state index contributed by atoms with van der Waals surface area (Å²) in [6, 6.07) is 8.69. The van der Waals surface area contributed by atoms with Crippen molar-refractivity contribution in [1.82, 2.24) is 19.8 Å². The number of thiophene rings is 1. The average molecular weight is 572 g/mol. The van der Waals surface area contributed by atoms with Gasteiger partial charge in [0.25, 0.3) is 5.91 Å². The molecule has 3 fully saturated rings. The summed E-state index contributed by atoms with van der Waals surface area (Å²) >= 11 is 2.63. The molecule has 1 atom stereocenters. The molecule has 0 radical (unpaired) electrons. The van der Waals surface area contributed by atoms with E-state index in [-0.39, 0.29) is 23.6 Å². The molecule has 1 unspecified atom stereocenters. The number of alkyl halides is 3. The number of fused-ring (bicyclic) bond motifs is 1. The number of benzene rings is 1. The van der Waals surface area contributed by atoms with Crippen LogP contribution in [0.4, 0.5) is 24.8 Å².